The molecule has 78 valence electrons. The van der Waals surface area contributed by atoms with E-state index in [9.17, 15) is 0 Å². The van der Waals surface area contributed by atoms with E-state index in [4.69, 9.17) is 46.4 Å². The van der Waals surface area contributed by atoms with Gasteiger partial charge in [0.2, 0.25) is 0 Å². The van der Waals surface area contributed by atoms with Crippen LogP contribution in [0.25, 0.3) is 11.0 Å². The van der Waals surface area contributed by atoms with Crippen molar-refractivity contribution in [2.24, 2.45) is 0 Å². The lowest BCUT2D eigenvalue weighted by atomic mass is 10.2. The molecule has 1 heterocycles. The van der Waals surface area contributed by atoms with Gasteiger partial charge in [-0.2, -0.15) is 0 Å². The van der Waals surface area contributed by atoms with Crippen LogP contribution in [0.15, 0.2) is 6.07 Å². The summed E-state index contributed by atoms with van der Waals surface area (Å²) in [4.78, 5) is 8.17. The van der Waals surface area contributed by atoms with E-state index in [0.29, 0.717) is 21.1 Å². The summed E-state index contributed by atoms with van der Waals surface area (Å²) >= 11 is 23.4. The Morgan fingerprint density at radius 1 is 1.00 bits per heavy atom. The van der Waals surface area contributed by atoms with Crippen molar-refractivity contribution in [3.8, 4) is 0 Å². The van der Waals surface area contributed by atoms with Crippen LogP contribution in [0.1, 0.15) is 5.56 Å². The van der Waals surface area contributed by atoms with E-state index in [1.165, 1.54) is 0 Å². The van der Waals surface area contributed by atoms with E-state index in [0.717, 1.165) is 5.56 Å². The summed E-state index contributed by atoms with van der Waals surface area (Å²) in [5.41, 5.74) is 1.93. The van der Waals surface area contributed by atoms with Crippen LogP contribution in [0.4, 0.5) is 0 Å². The monoisotopic (exact) mass is 280 g/mol. The first-order valence-corrected chi connectivity index (χ1v) is 5.49. The fourth-order valence-electron chi connectivity index (χ4n) is 1.25. The molecular formula is C9H4Cl4N2. The molecule has 0 saturated heterocycles. The summed E-state index contributed by atoms with van der Waals surface area (Å²) in [5, 5.41) is 1.19. The van der Waals surface area contributed by atoms with Gasteiger partial charge in [-0.3, -0.25) is 0 Å². The molecule has 6 heteroatoms. The van der Waals surface area contributed by atoms with Gasteiger partial charge in [0.15, 0.2) is 10.3 Å². The number of fused-ring (bicyclic) bond motifs is 1. The number of hydrogen-bond acceptors (Lipinski definition) is 2. The lowest BCUT2D eigenvalue weighted by Gasteiger charge is -2.06. The number of aryl methyl sites for hydroxylation is 1. The van der Waals surface area contributed by atoms with Crippen LogP contribution >= 0.6 is 46.4 Å². The van der Waals surface area contributed by atoms with E-state index in [1.807, 2.05) is 0 Å². The maximum atomic E-state index is 5.97. The average molecular weight is 282 g/mol. The molecule has 2 rings (SSSR count). The summed E-state index contributed by atoms with van der Waals surface area (Å²) in [7, 11) is 0. The van der Waals surface area contributed by atoms with Gasteiger partial charge in [0.1, 0.15) is 0 Å². The number of rotatable bonds is 0. The molecule has 15 heavy (non-hydrogen) atoms. The van der Waals surface area contributed by atoms with Gasteiger partial charge in [-0.05, 0) is 18.6 Å². The van der Waals surface area contributed by atoms with Crippen molar-refractivity contribution in [3.63, 3.8) is 0 Å². The second-order valence-corrected chi connectivity index (χ2v) is 4.47. The van der Waals surface area contributed by atoms with Crippen molar-refractivity contribution in [1.29, 1.82) is 0 Å². The molecule has 2 nitrogen and oxygen atoms in total. The van der Waals surface area contributed by atoms with Crippen LogP contribution in [-0.4, -0.2) is 9.97 Å². The molecule has 1 aromatic carbocycles. The van der Waals surface area contributed by atoms with Crippen molar-refractivity contribution in [2.75, 3.05) is 0 Å². The average Bonchev–Trinajstić information content (AvgIpc) is 2.19. The smallest absolute Gasteiger partial charge is 0.167 e. The molecule has 0 amide bonds. The van der Waals surface area contributed by atoms with E-state index in [2.05, 4.69) is 9.97 Å². The van der Waals surface area contributed by atoms with Crippen molar-refractivity contribution in [3.05, 3.63) is 32.0 Å². The fourth-order valence-corrected chi connectivity index (χ4v) is 1.90. The Hall–Kier alpha value is -0.280. The third-order valence-electron chi connectivity index (χ3n) is 2.00. The number of hydrogen-bond donors (Lipinski definition) is 0. The second kappa shape index (κ2) is 3.95. The van der Waals surface area contributed by atoms with Crippen LogP contribution in [0.2, 0.25) is 20.4 Å². The summed E-state index contributed by atoms with van der Waals surface area (Å²) < 4.78 is 0. The molecule has 0 saturated carbocycles. The first-order chi connectivity index (χ1) is 7.00. The molecule has 0 bridgehead atoms. The van der Waals surface area contributed by atoms with Gasteiger partial charge in [0.05, 0.1) is 21.1 Å². The molecule has 1 aromatic heterocycles. The third kappa shape index (κ3) is 1.87. The highest BCUT2D eigenvalue weighted by Gasteiger charge is 2.11. The van der Waals surface area contributed by atoms with Crippen molar-refractivity contribution in [1.82, 2.24) is 9.97 Å². The fraction of sp³-hybridized carbons (Fsp3) is 0.111. The Morgan fingerprint density at radius 3 is 2.27 bits per heavy atom. The molecule has 0 N–H and O–H groups in total. The van der Waals surface area contributed by atoms with E-state index in [-0.39, 0.29) is 10.3 Å². The maximum absolute atomic E-state index is 5.97. The first-order valence-electron chi connectivity index (χ1n) is 3.98. The molecule has 2 aromatic rings. The molecule has 0 radical (unpaired) electrons. The van der Waals surface area contributed by atoms with Crippen LogP contribution in [-0.2, 0) is 0 Å². The van der Waals surface area contributed by atoms with Gasteiger partial charge < -0.3 is 0 Å². The Balaban J connectivity index is 2.93. The van der Waals surface area contributed by atoms with Crippen LogP contribution in [0.3, 0.4) is 0 Å². The number of nitrogens with zero attached hydrogens (tertiary/aromatic N) is 2. The van der Waals surface area contributed by atoms with Gasteiger partial charge in [0, 0.05) is 0 Å². The van der Waals surface area contributed by atoms with E-state index < -0.39 is 0 Å². The van der Waals surface area contributed by atoms with Crippen molar-refractivity contribution < 1.29 is 0 Å². The van der Waals surface area contributed by atoms with Gasteiger partial charge in [-0.25, -0.2) is 9.97 Å². The zero-order chi connectivity index (χ0) is 11.2. The highest BCUT2D eigenvalue weighted by atomic mass is 35.5. The predicted octanol–water partition coefficient (Wildman–Crippen LogP) is 4.55. The van der Waals surface area contributed by atoms with E-state index in [1.54, 1.807) is 13.0 Å². The van der Waals surface area contributed by atoms with Gasteiger partial charge in [0.25, 0.3) is 0 Å². The number of benzene rings is 1. The predicted molar refractivity (Wildman–Crippen MR) is 64.3 cm³/mol. The quantitative estimate of drug-likeness (QED) is 0.708. The highest BCUT2D eigenvalue weighted by molar-refractivity contribution is 6.44. The minimum absolute atomic E-state index is 0.155. The lowest BCUT2D eigenvalue weighted by molar-refractivity contribution is 1.27. The second-order valence-electron chi connectivity index (χ2n) is 2.97. The Morgan fingerprint density at radius 2 is 1.60 bits per heavy atom. The van der Waals surface area contributed by atoms with Crippen LogP contribution < -0.4 is 0 Å². The molecule has 0 unspecified atom stereocenters. The number of aromatic nitrogens is 2. The zero-order valence-corrected chi connectivity index (χ0v) is 10.5. The highest BCUT2D eigenvalue weighted by Crippen LogP contribution is 2.32. The standard InChI is InChI=1S/C9H4Cl4N2/c1-3-6(11)4(10)2-5-7(3)15-9(13)8(12)14-5/h2H,1H3. The zero-order valence-electron chi connectivity index (χ0n) is 7.48. The largest absolute Gasteiger partial charge is 0.231 e. The molecule has 0 aliphatic carbocycles. The minimum Gasteiger partial charge on any atom is -0.231 e. The molecule has 0 aliphatic rings. The molecule has 0 aliphatic heterocycles. The summed E-state index contributed by atoms with van der Waals surface area (Å²) in [5.74, 6) is 0. The van der Waals surface area contributed by atoms with Gasteiger partial charge in [-0.15, -0.1) is 0 Å². The van der Waals surface area contributed by atoms with Crippen molar-refractivity contribution >= 4 is 57.4 Å². The third-order valence-corrected chi connectivity index (χ3v) is 3.50. The number of halogens is 4. The SMILES string of the molecule is Cc1c(Cl)c(Cl)cc2nc(Cl)c(Cl)nc12. The van der Waals surface area contributed by atoms with E-state index >= 15 is 0 Å². The summed E-state index contributed by atoms with van der Waals surface area (Å²) in [6.07, 6.45) is 0. The molecule has 0 atom stereocenters. The molecule has 0 fully saturated rings. The summed E-state index contributed by atoms with van der Waals surface area (Å²) in [6, 6.07) is 1.61. The Labute approximate surface area is 106 Å². The minimum atomic E-state index is 0.155. The topological polar surface area (TPSA) is 25.8 Å². The van der Waals surface area contributed by atoms with Gasteiger partial charge in [-0.1, -0.05) is 46.4 Å². The first kappa shape index (κ1) is 11.2. The van der Waals surface area contributed by atoms with Crippen molar-refractivity contribution in [2.45, 2.75) is 6.92 Å². The molecular weight excluding hydrogens is 278 g/mol. The normalized spacial score (nSPS) is 11.0. The Kier molecular flexibility index (Phi) is 2.95. The maximum Gasteiger partial charge on any atom is 0.167 e. The van der Waals surface area contributed by atoms with Crippen LogP contribution in [0.5, 0.6) is 0 Å². The van der Waals surface area contributed by atoms with Crippen LogP contribution in [0, 0.1) is 6.92 Å². The molecule has 0 spiro atoms. The summed E-state index contributed by atoms with van der Waals surface area (Å²) in [6.45, 7) is 1.80. The van der Waals surface area contributed by atoms with Gasteiger partial charge >= 0.3 is 0 Å². The Bertz CT molecular complexity index is 548. The lowest BCUT2D eigenvalue weighted by Crippen LogP contribution is -1.91.